The number of aromatic nitrogens is 2. The first-order valence-electron chi connectivity index (χ1n) is 5.18. The third-order valence-electron chi connectivity index (χ3n) is 2.39. The van der Waals surface area contributed by atoms with Gasteiger partial charge in [-0.05, 0) is 19.3 Å². The van der Waals surface area contributed by atoms with Crippen molar-refractivity contribution in [3.8, 4) is 0 Å². The summed E-state index contributed by atoms with van der Waals surface area (Å²) in [6.07, 6.45) is 1.08. The van der Waals surface area contributed by atoms with E-state index >= 15 is 0 Å². The minimum absolute atomic E-state index is 0.239. The van der Waals surface area contributed by atoms with E-state index in [2.05, 4.69) is 4.98 Å². The number of imidazole rings is 1. The predicted molar refractivity (Wildman–Crippen MR) is 51.5 cm³/mol. The molecular formula is C10H15F3N2. The molecule has 0 unspecified atom stereocenters. The third-order valence-corrected chi connectivity index (χ3v) is 2.39. The quantitative estimate of drug-likeness (QED) is 0.706. The largest absolute Gasteiger partial charge is 0.434 e. The second-order valence-corrected chi connectivity index (χ2v) is 3.29. The highest BCUT2D eigenvalue weighted by Gasteiger charge is 2.34. The lowest BCUT2D eigenvalue weighted by atomic mass is 9.93. The zero-order chi connectivity index (χ0) is 11.5. The first kappa shape index (κ1) is 12.1. The van der Waals surface area contributed by atoms with Crippen LogP contribution in [0.15, 0.2) is 12.5 Å². The van der Waals surface area contributed by atoms with Gasteiger partial charge in [0.1, 0.15) is 0 Å². The third kappa shape index (κ3) is 2.73. The fraction of sp³-hybridized carbons (Fsp3) is 0.700. The average molecular weight is 220 g/mol. The van der Waals surface area contributed by atoms with Crippen LogP contribution in [-0.4, -0.2) is 9.55 Å². The smallest absolute Gasteiger partial charge is 0.334 e. The zero-order valence-corrected chi connectivity index (χ0v) is 8.88. The van der Waals surface area contributed by atoms with Crippen LogP contribution in [-0.2, 0) is 6.18 Å². The van der Waals surface area contributed by atoms with Crippen LogP contribution in [0.1, 0.15) is 44.8 Å². The number of nitrogens with zero attached hydrogens (tertiary/aromatic N) is 2. The molecule has 1 fully saturated rings. The van der Waals surface area contributed by atoms with Crippen LogP contribution in [0.25, 0.3) is 0 Å². The van der Waals surface area contributed by atoms with E-state index in [0.717, 1.165) is 25.5 Å². The normalized spacial score (nSPS) is 16.6. The maximum absolute atomic E-state index is 12.1. The maximum Gasteiger partial charge on any atom is 0.434 e. The van der Waals surface area contributed by atoms with Crippen molar-refractivity contribution in [3.63, 3.8) is 0 Å². The molecule has 5 heteroatoms. The molecule has 1 heterocycles. The molecule has 1 aliphatic rings. The van der Waals surface area contributed by atoms with E-state index in [1.165, 1.54) is 6.33 Å². The van der Waals surface area contributed by atoms with Crippen LogP contribution >= 0.6 is 0 Å². The van der Waals surface area contributed by atoms with Gasteiger partial charge in [0.2, 0.25) is 0 Å². The van der Waals surface area contributed by atoms with E-state index in [1.807, 2.05) is 13.8 Å². The summed E-state index contributed by atoms with van der Waals surface area (Å²) in [7, 11) is 0. The summed E-state index contributed by atoms with van der Waals surface area (Å²) < 4.78 is 37.9. The molecule has 1 aliphatic carbocycles. The molecule has 0 amide bonds. The van der Waals surface area contributed by atoms with Gasteiger partial charge in [0, 0.05) is 12.2 Å². The predicted octanol–water partition coefficient (Wildman–Crippen LogP) is 3.65. The van der Waals surface area contributed by atoms with Gasteiger partial charge in [-0.3, -0.25) is 0 Å². The van der Waals surface area contributed by atoms with Crippen LogP contribution in [0.4, 0.5) is 13.2 Å². The van der Waals surface area contributed by atoms with Gasteiger partial charge in [-0.15, -0.1) is 0 Å². The number of alkyl halides is 3. The molecule has 0 N–H and O–H groups in total. The van der Waals surface area contributed by atoms with Crippen LogP contribution in [0, 0.1) is 0 Å². The van der Waals surface area contributed by atoms with Gasteiger partial charge in [0.25, 0.3) is 0 Å². The summed E-state index contributed by atoms with van der Waals surface area (Å²) in [5.41, 5.74) is -0.792. The van der Waals surface area contributed by atoms with Crippen molar-refractivity contribution in [1.29, 1.82) is 0 Å². The monoisotopic (exact) mass is 220 g/mol. The summed E-state index contributed by atoms with van der Waals surface area (Å²) in [4.78, 5) is 3.33. The first-order valence-corrected chi connectivity index (χ1v) is 5.18. The Morgan fingerprint density at radius 1 is 1.33 bits per heavy atom. The molecule has 1 aromatic rings. The van der Waals surface area contributed by atoms with Gasteiger partial charge < -0.3 is 4.57 Å². The lowest BCUT2D eigenvalue weighted by Crippen LogP contribution is -2.15. The highest BCUT2D eigenvalue weighted by molar-refractivity contribution is 5.03. The summed E-state index contributed by atoms with van der Waals surface area (Å²) in [5, 5.41) is 0. The summed E-state index contributed by atoms with van der Waals surface area (Å²) in [6, 6.07) is 0.239. The molecule has 0 saturated heterocycles. The number of hydrogen-bond acceptors (Lipinski definition) is 1. The van der Waals surface area contributed by atoms with E-state index in [0.29, 0.717) is 0 Å². The molecule has 15 heavy (non-hydrogen) atoms. The molecule has 0 radical (unpaired) electrons. The lowest BCUT2D eigenvalue weighted by molar-refractivity contribution is -0.141. The summed E-state index contributed by atoms with van der Waals surface area (Å²) in [6.45, 7) is 4.00. The van der Waals surface area contributed by atoms with Gasteiger partial charge in [-0.2, -0.15) is 13.2 Å². The Morgan fingerprint density at radius 3 is 2.27 bits per heavy atom. The van der Waals surface area contributed by atoms with Crippen LogP contribution in [0.3, 0.4) is 0 Å². The molecule has 0 aromatic carbocycles. The van der Waals surface area contributed by atoms with Crippen molar-refractivity contribution in [2.75, 3.05) is 0 Å². The molecule has 0 bridgehead atoms. The van der Waals surface area contributed by atoms with Gasteiger partial charge in [-0.1, -0.05) is 13.8 Å². The van der Waals surface area contributed by atoms with Gasteiger partial charge >= 0.3 is 6.18 Å². The van der Waals surface area contributed by atoms with E-state index in [1.54, 1.807) is 4.57 Å². The fourth-order valence-corrected chi connectivity index (χ4v) is 1.37. The summed E-state index contributed by atoms with van der Waals surface area (Å²) in [5.74, 6) is 0. The zero-order valence-electron chi connectivity index (χ0n) is 8.88. The highest BCUT2D eigenvalue weighted by atomic mass is 19.4. The Balaban J connectivity index is 0.000000531. The van der Waals surface area contributed by atoms with Crippen LogP contribution in [0.5, 0.6) is 0 Å². The molecule has 1 saturated carbocycles. The molecule has 1 aromatic heterocycles. The highest BCUT2D eigenvalue weighted by Crippen LogP contribution is 2.34. The SMILES string of the molecule is CC.FC(F)(F)c1cn(C2CCC2)cn1. The Labute approximate surface area is 87.1 Å². The average Bonchev–Trinajstić information content (AvgIpc) is 2.53. The molecule has 0 aliphatic heterocycles. The van der Waals surface area contributed by atoms with Crippen molar-refractivity contribution in [2.24, 2.45) is 0 Å². The van der Waals surface area contributed by atoms with E-state index in [4.69, 9.17) is 0 Å². The molecule has 0 spiro atoms. The fourth-order valence-electron chi connectivity index (χ4n) is 1.37. The first-order chi connectivity index (χ1) is 7.07. The minimum atomic E-state index is -4.31. The van der Waals surface area contributed by atoms with Gasteiger partial charge in [0.15, 0.2) is 5.69 Å². The minimum Gasteiger partial charge on any atom is -0.334 e. The molecular weight excluding hydrogens is 205 g/mol. The maximum atomic E-state index is 12.1. The number of rotatable bonds is 1. The van der Waals surface area contributed by atoms with Crippen molar-refractivity contribution in [2.45, 2.75) is 45.3 Å². The molecule has 2 nitrogen and oxygen atoms in total. The topological polar surface area (TPSA) is 17.8 Å². The van der Waals surface area contributed by atoms with Crippen molar-refractivity contribution in [1.82, 2.24) is 9.55 Å². The molecule has 86 valence electrons. The van der Waals surface area contributed by atoms with E-state index in [-0.39, 0.29) is 6.04 Å². The van der Waals surface area contributed by atoms with E-state index in [9.17, 15) is 13.2 Å². The molecule has 0 atom stereocenters. The second-order valence-electron chi connectivity index (χ2n) is 3.29. The lowest BCUT2D eigenvalue weighted by Gasteiger charge is -2.26. The second kappa shape index (κ2) is 4.68. The summed E-state index contributed by atoms with van der Waals surface area (Å²) >= 11 is 0. The van der Waals surface area contributed by atoms with Crippen molar-refractivity contribution in [3.05, 3.63) is 18.2 Å². The number of hydrogen-bond donors (Lipinski definition) is 0. The van der Waals surface area contributed by atoms with E-state index < -0.39 is 11.9 Å². The number of halogens is 3. The Kier molecular flexibility index (Phi) is 3.77. The van der Waals surface area contributed by atoms with Crippen molar-refractivity contribution >= 4 is 0 Å². The van der Waals surface area contributed by atoms with Crippen LogP contribution < -0.4 is 0 Å². The van der Waals surface area contributed by atoms with Gasteiger partial charge in [-0.25, -0.2) is 4.98 Å². The van der Waals surface area contributed by atoms with Gasteiger partial charge in [0.05, 0.1) is 6.33 Å². The standard InChI is InChI=1S/C8H9F3N2.C2H6/c9-8(10,11)7-4-13(5-12-7)6-2-1-3-6;1-2/h4-6H,1-3H2;1-2H3. The molecule has 2 rings (SSSR count). The Bertz CT molecular complexity index is 300. The Hall–Kier alpha value is -1.00. The van der Waals surface area contributed by atoms with Crippen LogP contribution in [0.2, 0.25) is 0 Å². The Morgan fingerprint density at radius 2 is 1.93 bits per heavy atom. The van der Waals surface area contributed by atoms with Crippen molar-refractivity contribution < 1.29 is 13.2 Å².